The third-order valence-corrected chi connectivity index (χ3v) is 3.04. The Bertz CT molecular complexity index is 492. The van der Waals surface area contributed by atoms with E-state index >= 15 is 0 Å². The van der Waals surface area contributed by atoms with Gasteiger partial charge in [0.15, 0.2) is 5.69 Å². The summed E-state index contributed by atoms with van der Waals surface area (Å²) in [6, 6.07) is 3.73. The highest BCUT2D eigenvalue weighted by atomic mass is 35.5. The van der Waals surface area contributed by atoms with Gasteiger partial charge in [0.1, 0.15) is 0 Å². The van der Waals surface area contributed by atoms with Gasteiger partial charge in [0.25, 0.3) is 0 Å². The fourth-order valence-corrected chi connectivity index (χ4v) is 2.27. The zero-order valence-electron chi connectivity index (χ0n) is 7.55. The van der Waals surface area contributed by atoms with E-state index in [4.69, 9.17) is 16.7 Å². The van der Waals surface area contributed by atoms with E-state index in [0.717, 1.165) is 9.21 Å². The van der Waals surface area contributed by atoms with Crippen molar-refractivity contribution in [3.63, 3.8) is 0 Å². The maximum Gasteiger partial charge on any atom is 0.356 e. The van der Waals surface area contributed by atoms with Gasteiger partial charge < -0.3 is 9.67 Å². The molecule has 2 heterocycles. The summed E-state index contributed by atoms with van der Waals surface area (Å²) < 4.78 is 2.44. The van der Waals surface area contributed by atoms with Gasteiger partial charge in [-0.25, -0.2) is 9.78 Å². The van der Waals surface area contributed by atoms with Crippen molar-refractivity contribution >= 4 is 28.9 Å². The molecule has 0 aliphatic carbocycles. The molecule has 2 aromatic heterocycles. The summed E-state index contributed by atoms with van der Waals surface area (Å²) in [5.74, 6) is -1.02. The minimum Gasteiger partial charge on any atom is -0.476 e. The molecule has 4 nitrogen and oxygen atoms in total. The molecule has 0 spiro atoms. The number of imidazole rings is 1. The number of carboxylic acid groups (broad SMARTS) is 1. The van der Waals surface area contributed by atoms with Crippen LogP contribution in [0.15, 0.2) is 24.7 Å². The smallest absolute Gasteiger partial charge is 0.356 e. The van der Waals surface area contributed by atoms with Gasteiger partial charge >= 0.3 is 5.97 Å². The first-order valence-electron chi connectivity index (χ1n) is 4.14. The predicted molar refractivity (Wildman–Crippen MR) is 57.6 cm³/mol. The Morgan fingerprint density at radius 3 is 2.93 bits per heavy atom. The third kappa shape index (κ3) is 2.37. The Balaban J connectivity index is 2.14. The van der Waals surface area contributed by atoms with Gasteiger partial charge in [-0.2, -0.15) is 0 Å². The summed E-state index contributed by atoms with van der Waals surface area (Å²) in [5.41, 5.74) is 0.0534. The SMILES string of the molecule is O=C(O)c1cn(Cc2ccc(Cl)s2)cn1. The molecule has 78 valence electrons. The largest absolute Gasteiger partial charge is 0.476 e. The molecule has 15 heavy (non-hydrogen) atoms. The van der Waals surface area contributed by atoms with Crippen LogP contribution in [0, 0.1) is 0 Å². The fourth-order valence-electron chi connectivity index (χ4n) is 1.17. The van der Waals surface area contributed by atoms with Gasteiger partial charge in [0.05, 0.1) is 17.2 Å². The summed E-state index contributed by atoms with van der Waals surface area (Å²) in [6.07, 6.45) is 2.99. The average Bonchev–Trinajstić information content (AvgIpc) is 2.76. The quantitative estimate of drug-likeness (QED) is 0.899. The van der Waals surface area contributed by atoms with Crippen molar-refractivity contribution in [3.8, 4) is 0 Å². The van der Waals surface area contributed by atoms with Crippen LogP contribution in [0.4, 0.5) is 0 Å². The van der Waals surface area contributed by atoms with Gasteiger partial charge in [-0.05, 0) is 12.1 Å². The lowest BCUT2D eigenvalue weighted by Crippen LogP contribution is -1.97. The zero-order valence-corrected chi connectivity index (χ0v) is 9.13. The normalized spacial score (nSPS) is 10.5. The van der Waals surface area contributed by atoms with E-state index in [1.165, 1.54) is 23.9 Å². The van der Waals surface area contributed by atoms with Crippen molar-refractivity contribution < 1.29 is 9.90 Å². The molecule has 0 saturated carbocycles. The van der Waals surface area contributed by atoms with Crippen LogP contribution in [0.25, 0.3) is 0 Å². The predicted octanol–water partition coefficient (Wildman–Crippen LogP) is 2.34. The number of rotatable bonds is 3. The number of aromatic carboxylic acids is 1. The summed E-state index contributed by atoms with van der Waals surface area (Å²) in [4.78, 5) is 15.4. The van der Waals surface area contributed by atoms with Crippen molar-refractivity contribution in [2.45, 2.75) is 6.54 Å². The molecule has 1 N–H and O–H groups in total. The standard InChI is InChI=1S/C9H7ClN2O2S/c10-8-2-1-6(15-8)3-12-4-7(9(13)14)11-5-12/h1-2,4-5H,3H2,(H,13,14). The molecule has 0 bridgehead atoms. The molecule has 0 unspecified atom stereocenters. The molecule has 2 rings (SSSR count). The Morgan fingerprint density at radius 1 is 1.60 bits per heavy atom. The van der Waals surface area contributed by atoms with Gasteiger partial charge in [0.2, 0.25) is 0 Å². The van der Waals surface area contributed by atoms with E-state index in [9.17, 15) is 4.79 Å². The van der Waals surface area contributed by atoms with Crippen LogP contribution < -0.4 is 0 Å². The van der Waals surface area contributed by atoms with Crippen LogP contribution in [-0.2, 0) is 6.54 Å². The number of nitrogens with zero attached hydrogens (tertiary/aromatic N) is 2. The average molecular weight is 243 g/mol. The second-order valence-electron chi connectivity index (χ2n) is 2.94. The van der Waals surface area contributed by atoms with Gasteiger partial charge in [-0.15, -0.1) is 11.3 Å². The monoisotopic (exact) mass is 242 g/mol. The highest BCUT2D eigenvalue weighted by Gasteiger charge is 2.07. The number of hydrogen-bond donors (Lipinski definition) is 1. The molecular formula is C9H7ClN2O2S. The number of thiophene rings is 1. The molecular weight excluding hydrogens is 236 g/mol. The molecule has 0 aromatic carbocycles. The highest BCUT2D eigenvalue weighted by molar-refractivity contribution is 7.16. The Kier molecular flexibility index (Phi) is 2.75. The first-order valence-corrected chi connectivity index (χ1v) is 5.34. The van der Waals surface area contributed by atoms with E-state index in [2.05, 4.69) is 4.98 Å². The van der Waals surface area contributed by atoms with E-state index in [1.54, 1.807) is 4.57 Å². The Morgan fingerprint density at radius 2 is 2.40 bits per heavy atom. The van der Waals surface area contributed by atoms with Crippen molar-refractivity contribution in [2.24, 2.45) is 0 Å². The second-order valence-corrected chi connectivity index (χ2v) is 4.74. The zero-order chi connectivity index (χ0) is 10.8. The second kappa shape index (κ2) is 4.04. The lowest BCUT2D eigenvalue weighted by Gasteiger charge is -1.96. The minimum absolute atomic E-state index is 0.0534. The summed E-state index contributed by atoms with van der Waals surface area (Å²) in [5, 5.41) is 8.67. The van der Waals surface area contributed by atoms with Crippen molar-refractivity contribution in [3.05, 3.63) is 39.6 Å². The number of carboxylic acids is 1. The van der Waals surface area contributed by atoms with E-state index in [-0.39, 0.29) is 5.69 Å². The van der Waals surface area contributed by atoms with Crippen molar-refractivity contribution in [1.29, 1.82) is 0 Å². The molecule has 0 fully saturated rings. The topological polar surface area (TPSA) is 55.1 Å². The number of hydrogen-bond acceptors (Lipinski definition) is 3. The molecule has 0 aliphatic rings. The van der Waals surface area contributed by atoms with Crippen molar-refractivity contribution in [2.75, 3.05) is 0 Å². The van der Waals surface area contributed by atoms with Gasteiger partial charge in [0, 0.05) is 11.1 Å². The van der Waals surface area contributed by atoms with E-state index < -0.39 is 5.97 Å². The van der Waals surface area contributed by atoms with Crippen LogP contribution in [-0.4, -0.2) is 20.6 Å². The van der Waals surface area contributed by atoms with Gasteiger partial charge in [-0.1, -0.05) is 11.6 Å². The highest BCUT2D eigenvalue weighted by Crippen LogP contribution is 2.22. The first-order chi connectivity index (χ1) is 7.15. The van der Waals surface area contributed by atoms with Crippen LogP contribution in [0.2, 0.25) is 4.34 Å². The molecule has 0 radical (unpaired) electrons. The molecule has 0 amide bonds. The maximum absolute atomic E-state index is 10.6. The lowest BCUT2D eigenvalue weighted by molar-refractivity contribution is 0.0691. The summed E-state index contributed by atoms with van der Waals surface area (Å²) in [7, 11) is 0. The molecule has 0 aliphatic heterocycles. The third-order valence-electron chi connectivity index (χ3n) is 1.82. The Hall–Kier alpha value is -1.33. The number of aromatic nitrogens is 2. The van der Waals surface area contributed by atoms with Crippen LogP contribution in [0.1, 0.15) is 15.4 Å². The van der Waals surface area contributed by atoms with Gasteiger partial charge in [-0.3, -0.25) is 0 Å². The molecule has 0 saturated heterocycles. The molecule has 0 atom stereocenters. The maximum atomic E-state index is 10.6. The van der Waals surface area contributed by atoms with E-state index in [1.807, 2.05) is 12.1 Å². The summed E-state index contributed by atoms with van der Waals surface area (Å²) >= 11 is 7.25. The molecule has 6 heteroatoms. The van der Waals surface area contributed by atoms with E-state index in [0.29, 0.717) is 6.54 Å². The number of halogens is 1. The fraction of sp³-hybridized carbons (Fsp3) is 0.111. The first kappa shape index (κ1) is 10.2. The number of carbonyl (C=O) groups is 1. The van der Waals surface area contributed by atoms with Crippen LogP contribution in [0.3, 0.4) is 0 Å². The lowest BCUT2D eigenvalue weighted by atomic mass is 10.4. The van der Waals surface area contributed by atoms with Crippen LogP contribution in [0.5, 0.6) is 0 Å². The Labute approximate surface area is 94.8 Å². The molecule has 2 aromatic rings. The minimum atomic E-state index is -1.02. The summed E-state index contributed by atoms with van der Waals surface area (Å²) in [6.45, 7) is 0.595. The van der Waals surface area contributed by atoms with Crippen molar-refractivity contribution in [1.82, 2.24) is 9.55 Å². The van der Waals surface area contributed by atoms with Crippen LogP contribution >= 0.6 is 22.9 Å².